The molecule has 10 rings (SSSR count). The lowest BCUT2D eigenvalue weighted by Crippen LogP contribution is -2.20. The summed E-state index contributed by atoms with van der Waals surface area (Å²) in [6, 6.07) is 63.7. The minimum absolute atomic E-state index is 0.173. The smallest absolute Gasteiger partial charge is 0.143 e. The van der Waals surface area contributed by atoms with Crippen molar-refractivity contribution in [3.05, 3.63) is 187 Å². The molecule has 0 saturated heterocycles. The predicted octanol–water partition coefficient (Wildman–Crippen LogP) is 13.8. The molecule has 0 saturated carbocycles. The fraction of sp³-hybridized carbons (Fsp3) is 0.0612. The Morgan fingerprint density at radius 2 is 1.12 bits per heavy atom. The molecule has 1 heterocycles. The lowest BCUT2D eigenvalue weighted by Gasteiger charge is -2.32. The van der Waals surface area contributed by atoms with Crippen LogP contribution in [0.3, 0.4) is 0 Å². The Kier molecular flexibility index (Phi) is 6.56. The first kappa shape index (κ1) is 29.5. The van der Waals surface area contributed by atoms with Crippen LogP contribution >= 0.6 is 0 Å². The number of hydrogen-bond acceptors (Lipinski definition) is 2. The highest BCUT2D eigenvalue weighted by Gasteiger charge is 2.38. The van der Waals surface area contributed by atoms with E-state index >= 15 is 0 Å². The maximum absolute atomic E-state index is 6.43. The second-order valence-electron chi connectivity index (χ2n) is 14.1. The van der Waals surface area contributed by atoms with Gasteiger partial charge in [0.1, 0.15) is 11.2 Å². The molecule has 0 unspecified atom stereocenters. The first-order valence-corrected chi connectivity index (χ1v) is 17.7. The van der Waals surface area contributed by atoms with Gasteiger partial charge in [0.05, 0.1) is 5.69 Å². The molecule has 1 aliphatic carbocycles. The predicted molar refractivity (Wildman–Crippen MR) is 214 cm³/mol. The molecule has 0 atom stereocenters. The molecule has 0 aliphatic heterocycles. The first-order chi connectivity index (χ1) is 25.0. The van der Waals surface area contributed by atoms with E-state index in [1.54, 1.807) is 0 Å². The van der Waals surface area contributed by atoms with Crippen LogP contribution in [0.5, 0.6) is 0 Å². The van der Waals surface area contributed by atoms with E-state index in [2.05, 4.69) is 183 Å². The van der Waals surface area contributed by atoms with Crippen LogP contribution in [0.4, 0.5) is 17.1 Å². The van der Waals surface area contributed by atoms with Crippen molar-refractivity contribution >= 4 is 49.8 Å². The van der Waals surface area contributed by atoms with Gasteiger partial charge in [-0.3, -0.25) is 0 Å². The van der Waals surface area contributed by atoms with E-state index in [4.69, 9.17) is 4.42 Å². The highest BCUT2D eigenvalue weighted by Crippen LogP contribution is 2.54. The van der Waals surface area contributed by atoms with E-state index in [-0.39, 0.29) is 5.41 Å². The average Bonchev–Trinajstić information content (AvgIpc) is 3.68. The van der Waals surface area contributed by atoms with E-state index in [0.29, 0.717) is 0 Å². The molecule has 0 N–H and O–H groups in total. The van der Waals surface area contributed by atoms with Crippen molar-refractivity contribution in [1.29, 1.82) is 0 Å². The van der Waals surface area contributed by atoms with Crippen LogP contribution in [0.15, 0.2) is 180 Å². The lowest BCUT2D eigenvalue weighted by molar-refractivity contribution is 0.661. The topological polar surface area (TPSA) is 16.4 Å². The summed E-state index contributed by atoms with van der Waals surface area (Å²) in [5.41, 5.74) is 15.0. The summed E-state index contributed by atoms with van der Waals surface area (Å²) in [5, 5.41) is 4.78. The molecule has 0 amide bonds. The third-order valence-corrected chi connectivity index (χ3v) is 10.8. The minimum atomic E-state index is -0.173. The number of rotatable bonds is 5. The fourth-order valence-corrected chi connectivity index (χ4v) is 8.39. The largest absolute Gasteiger partial charge is 0.455 e. The van der Waals surface area contributed by atoms with Crippen molar-refractivity contribution in [2.45, 2.75) is 19.3 Å². The van der Waals surface area contributed by atoms with Gasteiger partial charge in [-0.25, -0.2) is 0 Å². The summed E-state index contributed by atoms with van der Waals surface area (Å²) in [5.74, 6) is 0. The Bertz CT molecular complexity index is 2780. The third-order valence-electron chi connectivity index (χ3n) is 10.8. The monoisotopic (exact) mass is 653 g/mol. The number of nitrogens with zero attached hydrogens (tertiary/aromatic N) is 1. The summed E-state index contributed by atoms with van der Waals surface area (Å²) in [6.07, 6.45) is 0. The summed E-state index contributed by atoms with van der Waals surface area (Å²) < 4.78 is 6.43. The summed E-state index contributed by atoms with van der Waals surface area (Å²) >= 11 is 0. The van der Waals surface area contributed by atoms with Crippen molar-refractivity contribution < 1.29 is 4.42 Å². The second kappa shape index (κ2) is 11.3. The zero-order valence-corrected chi connectivity index (χ0v) is 28.6. The Balaban J connectivity index is 1.15. The number of anilines is 3. The molecular formula is C49H35NO. The first-order valence-electron chi connectivity index (χ1n) is 17.7. The number of fused-ring (bicyclic) bond motifs is 7. The van der Waals surface area contributed by atoms with Crippen LogP contribution in [0.2, 0.25) is 0 Å². The zero-order valence-electron chi connectivity index (χ0n) is 28.6. The highest BCUT2D eigenvalue weighted by molar-refractivity contribution is 6.09. The molecule has 0 fully saturated rings. The third kappa shape index (κ3) is 4.64. The Hall–Kier alpha value is -6.38. The van der Waals surface area contributed by atoms with E-state index in [1.165, 1.54) is 49.8 Å². The molecular weight excluding hydrogens is 619 g/mol. The fourth-order valence-electron chi connectivity index (χ4n) is 8.39. The summed E-state index contributed by atoms with van der Waals surface area (Å²) in [6.45, 7) is 4.73. The van der Waals surface area contributed by atoms with Gasteiger partial charge in [0, 0.05) is 33.1 Å². The summed E-state index contributed by atoms with van der Waals surface area (Å²) in [4.78, 5) is 2.45. The molecule has 8 aromatic carbocycles. The average molecular weight is 654 g/mol. The van der Waals surface area contributed by atoms with Crippen molar-refractivity contribution in [1.82, 2.24) is 0 Å². The van der Waals surface area contributed by atoms with Gasteiger partial charge in [-0.1, -0.05) is 147 Å². The molecule has 51 heavy (non-hydrogen) atoms. The van der Waals surface area contributed by atoms with E-state index in [0.717, 1.165) is 44.4 Å². The zero-order chi connectivity index (χ0) is 34.1. The number of para-hydroxylation sites is 2. The van der Waals surface area contributed by atoms with Gasteiger partial charge in [0.2, 0.25) is 0 Å². The SMILES string of the molecule is CC1(C)c2ccccc2-c2cccc(N(c3ccc(-c4cccc5c4oc4ccccc45)cc3)c3cccc(-c4ccc5ccccc5c4)c3)c21. The van der Waals surface area contributed by atoms with Gasteiger partial charge < -0.3 is 9.32 Å². The minimum Gasteiger partial charge on any atom is -0.455 e. The van der Waals surface area contributed by atoms with Crippen LogP contribution in [-0.2, 0) is 5.41 Å². The lowest BCUT2D eigenvalue weighted by atomic mass is 9.81. The number of hydrogen-bond donors (Lipinski definition) is 0. The van der Waals surface area contributed by atoms with Crippen molar-refractivity contribution in [2.75, 3.05) is 4.90 Å². The molecule has 0 spiro atoms. The number of benzene rings is 8. The summed E-state index contributed by atoms with van der Waals surface area (Å²) in [7, 11) is 0. The van der Waals surface area contributed by atoms with E-state index in [1.807, 2.05) is 12.1 Å². The van der Waals surface area contributed by atoms with Gasteiger partial charge in [0.15, 0.2) is 0 Å². The van der Waals surface area contributed by atoms with Crippen LogP contribution in [0.25, 0.3) is 66.1 Å². The standard InChI is InChI=1S/C49H35NO/c1-49(2)44-21-7-5-16-40(44)42-19-11-22-45(47(42)49)50(38-15-9-14-35(31-38)36-25-24-32-12-3-4-13-34(32)30-36)37-28-26-33(27-29-37)39-18-10-20-43-41-17-6-8-23-46(41)51-48(39)43/h3-31H,1-2H3. The molecule has 1 aromatic heterocycles. The molecule has 0 radical (unpaired) electrons. The molecule has 2 nitrogen and oxygen atoms in total. The molecule has 1 aliphatic rings. The van der Waals surface area contributed by atoms with Crippen LogP contribution in [-0.4, -0.2) is 0 Å². The maximum atomic E-state index is 6.43. The van der Waals surface area contributed by atoms with Gasteiger partial charge in [-0.05, 0) is 92.2 Å². The van der Waals surface area contributed by atoms with Gasteiger partial charge in [-0.15, -0.1) is 0 Å². The molecule has 242 valence electrons. The van der Waals surface area contributed by atoms with E-state index < -0.39 is 0 Å². The second-order valence-corrected chi connectivity index (χ2v) is 14.1. The quantitative estimate of drug-likeness (QED) is 0.184. The number of furan rings is 1. The van der Waals surface area contributed by atoms with Crippen LogP contribution in [0.1, 0.15) is 25.0 Å². The molecule has 2 heteroatoms. The van der Waals surface area contributed by atoms with Gasteiger partial charge >= 0.3 is 0 Å². The normalized spacial score (nSPS) is 13.1. The van der Waals surface area contributed by atoms with Crippen molar-refractivity contribution in [2.24, 2.45) is 0 Å². The maximum Gasteiger partial charge on any atom is 0.143 e. The van der Waals surface area contributed by atoms with E-state index in [9.17, 15) is 0 Å². The molecule has 0 bridgehead atoms. The van der Waals surface area contributed by atoms with Crippen LogP contribution in [0, 0.1) is 0 Å². The van der Waals surface area contributed by atoms with Crippen molar-refractivity contribution in [3.8, 4) is 33.4 Å². The van der Waals surface area contributed by atoms with Crippen molar-refractivity contribution in [3.63, 3.8) is 0 Å². The highest BCUT2D eigenvalue weighted by atomic mass is 16.3. The Morgan fingerprint density at radius 1 is 0.451 bits per heavy atom. The molecule has 9 aromatic rings. The van der Waals surface area contributed by atoms with Crippen LogP contribution < -0.4 is 4.90 Å². The van der Waals surface area contributed by atoms with Gasteiger partial charge in [0.25, 0.3) is 0 Å². The Labute approximate surface area is 297 Å². The Morgan fingerprint density at radius 3 is 2.02 bits per heavy atom. The van der Waals surface area contributed by atoms with Gasteiger partial charge in [-0.2, -0.15) is 0 Å².